The average Bonchev–Trinajstić information content (AvgIpc) is 3.22. The van der Waals surface area contributed by atoms with Crippen LogP contribution in [0.25, 0.3) is 11.1 Å². The van der Waals surface area contributed by atoms with Gasteiger partial charge in [0, 0.05) is 38.7 Å². The van der Waals surface area contributed by atoms with Gasteiger partial charge in [0.05, 0.1) is 19.0 Å². The molecule has 2 aromatic heterocycles. The Hall–Kier alpha value is -2.54. The van der Waals surface area contributed by atoms with E-state index < -0.39 is 24.8 Å². The number of aliphatic hydroxyl groups excluding tert-OH is 1. The second-order valence-corrected chi connectivity index (χ2v) is 7.21. The molecule has 0 fully saturated rings. The van der Waals surface area contributed by atoms with Gasteiger partial charge in [-0.1, -0.05) is 35.3 Å². The summed E-state index contributed by atoms with van der Waals surface area (Å²) in [6.45, 7) is -1.67. The van der Waals surface area contributed by atoms with Crippen LogP contribution in [0.5, 0.6) is 0 Å². The van der Waals surface area contributed by atoms with Crippen molar-refractivity contribution in [2.45, 2.75) is 25.8 Å². The van der Waals surface area contributed by atoms with Crippen molar-refractivity contribution in [2.75, 3.05) is 11.9 Å². The van der Waals surface area contributed by atoms with Gasteiger partial charge in [0.15, 0.2) is 0 Å². The molecule has 0 saturated heterocycles. The van der Waals surface area contributed by atoms with Crippen LogP contribution in [0.2, 0.25) is 10.0 Å². The Bertz CT molecular complexity index is 1150. The lowest BCUT2D eigenvalue weighted by Crippen LogP contribution is -2.31. The molecule has 1 amide bonds. The lowest BCUT2D eigenvalue weighted by molar-refractivity contribution is 0.0912. The van der Waals surface area contributed by atoms with Crippen molar-refractivity contribution in [1.82, 2.24) is 15.3 Å². The molecule has 0 bridgehead atoms. The first-order chi connectivity index (χ1) is 15.4. The third-order valence-electron chi connectivity index (χ3n) is 4.15. The number of amides is 1. The SMILES string of the molecule is [2H]C([2H])([2H])C([2H])(C)Nc1cc(-c2c[nH]c(C(=O)NC(CO)c3cccc(Cl)c3)c2)c(Cl)cn1. The van der Waals surface area contributed by atoms with E-state index in [-0.39, 0.29) is 23.1 Å². The highest BCUT2D eigenvalue weighted by molar-refractivity contribution is 6.33. The van der Waals surface area contributed by atoms with Crippen LogP contribution in [0.1, 0.15) is 41.4 Å². The van der Waals surface area contributed by atoms with Gasteiger partial charge in [-0.05, 0) is 43.6 Å². The first-order valence-corrected chi connectivity index (χ1v) is 9.46. The van der Waals surface area contributed by atoms with Gasteiger partial charge in [-0.25, -0.2) is 4.98 Å². The minimum absolute atomic E-state index is 0.150. The number of anilines is 1. The van der Waals surface area contributed by atoms with Crippen molar-refractivity contribution in [1.29, 1.82) is 0 Å². The molecule has 0 saturated carbocycles. The smallest absolute Gasteiger partial charge is 0.268 e. The molecule has 6 nitrogen and oxygen atoms in total. The fourth-order valence-corrected chi connectivity index (χ4v) is 3.21. The molecule has 4 N–H and O–H groups in total. The number of aliphatic hydroxyl groups is 1. The topological polar surface area (TPSA) is 90.0 Å². The number of aromatic amines is 1. The van der Waals surface area contributed by atoms with Gasteiger partial charge < -0.3 is 20.7 Å². The molecular weight excluding hydrogens is 411 g/mol. The minimum Gasteiger partial charge on any atom is -0.394 e. The fraction of sp³-hybridized carbons (Fsp3) is 0.238. The van der Waals surface area contributed by atoms with Crippen LogP contribution >= 0.6 is 23.2 Å². The molecule has 0 radical (unpaired) electrons. The largest absolute Gasteiger partial charge is 0.394 e. The molecule has 0 aliphatic rings. The fourth-order valence-electron chi connectivity index (χ4n) is 2.80. The number of halogens is 2. The highest BCUT2D eigenvalue weighted by Crippen LogP contribution is 2.30. The quantitative estimate of drug-likeness (QED) is 0.433. The first-order valence-electron chi connectivity index (χ1n) is 10.7. The number of hydrogen-bond donors (Lipinski definition) is 4. The van der Waals surface area contributed by atoms with Crippen molar-refractivity contribution < 1.29 is 15.4 Å². The van der Waals surface area contributed by atoms with Crippen LogP contribution in [-0.2, 0) is 0 Å². The number of benzene rings is 1. The van der Waals surface area contributed by atoms with Gasteiger partial charge in [0.2, 0.25) is 0 Å². The van der Waals surface area contributed by atoms with Crippen LogP contribution in [-0.4, -0.2) is 33.6 Å². The van der Waals surface area contributed by atoms with Gasteiger partial charge >= 0.3 is 0 Å². The monoisotopic (exact) mass is 436 g/mol. The maximum Gasteiger partial charge on any atom is 0.268 e. The third-order valence-corrected chi connectivity index (χ3v) is 4.68. The van der Waals surface area contributed by atoms with Crippen molar-refractivity contribution >= 4 is 34.9 Å². The van der Waals surface area contributed by atoms with E-state index in [0.717, 1.165) is 0 Å². The van der Waals surface area contributed by atoms with Gasteiger partial charge in [-0.15, -0.1) is 0 Å². The van der Waals surface area contributed by atoms with E-state index in [2.05, 4.69) is 20.6 Å². The van der Waals surface area contributed by atoms with Crippen molar-refractivity contribution in [2.24, 2.45) is 0 Å². The lowest BCUT2D eigenvalue weighted by atomic mass is 10.1. The Labute approximate surface area is 184 Å². The number of carbonyl (C=O) groups excluding carboxylic acids is 1. The summed E-state index contributed by atoms with van der Waals surface area (Å²) in [4.78, 5) is 19.7. The molecule has 0 spiro atoms. The molecule has 0 aliphatic carbocycles. The molecule has 3 aromatic rings. The predicted molar refractivity (Wildman–Crippen MR) is 117 cm³/mol. The zero-order chi connectivity index (χ0) is 24.4. The molecule has 8 heteroatoms. The van der Waals surface area contributed by atoms with Crippen LogP contribution in [0.3, 0.4) is 0 Å². The summed E-state index contributed by atoms with van der Waals surface area (Å²) in [7, 11) is 0. The standard InChI is InChI=1S/C21H22Cl2N4O2/c1-12(2)26-20-8-16(17(23)10-25-20)14-7-18(24-9-14)21(29)27-19(11-28)13-4-3-5-15(22)6-13/h3-10,12,19,24,28H,11H2,1-2H3,(H,25,26)(H,27,29)/i1D3,12D. The first kappa shape index (κ1) is 16.3. The Kier molecular flexibility index (Phi) is 5.22. The van der Waals surface area contributed by atoms with E-state index in [4.69, 9.17) is 28.7 Å². The molecular formula is C21H22Cl2N4O2. The molecule has 2 unspecified atom stereocenters. The summed E-state index contributed by atoms with van der Waals surface area (Å²) in [5, 5.41) is 15.8. The van der Waals surface area contributed by atoms with Gasteiger partial charge in [0.1, 0.15) is 11.5 Å². The summed E-state index contributed by atoms with van der Waals surface area (Å²) in [5.74, 6) is -0.304. The van der Waals surface area contributed by atoms with E-state index in [9.17, 15) is 9.90 Å². The number of nitrogens with one attached hydrogen (secondary N) is 3. The zero-order valence-corrected chi connectivity index (χ0v) is 17.0. The number of H-pyrrole nitrogens is 1. The van der Waals surface area contributed by atoms with Gasteiger partial charge in [-0.2, -0.15) is 0 Å². The normalized spacial score (nSPS) is 16.6. The second-order valence-electron chi connectivity index (χ2n) is 6.37. The summed E-state index contributed by atoms with van der Waals surface area (Å²) in [5.41, 5.74) is 1.92. The van der Waals surface area contributed by atoms with E-state index in [1.54, 1.807) is 36.5 Å². The second kappa shape index (κ2) is 9.31. The molecule has 1 aromatic carbocycles. The van der Waals surface area contributed by atoms with E-state index in [1.165, 1.54) is 19.2 Å². The van der Waals surface area contributed by atoms with Crippen LogP contribution in [0.15, 0.2) is 48.8 Å². The Balaban J connectivity index is 1.81. The number of pyridine rings is 1. The maximum atomic E-state index is 12.7. The molecule has 0 aliphatic heterocycles. The molecule has 2 heterocycles. The Morgan fingerprint density at radius 2 is 2.21 bits per heavy atom. The van der Waals surface area contributed by atoms with Crippen LogP contribution in [0, 0.1) is 0 Å². The summed E-state index contributed by atoms with van der Waals surface area (Å²) < 4.78 is 30.5. The van der Waals surface area contributed by atoms with E-state index >= 15 is 0 Å². The number of hydrogen-bond acceptors (Lipinski definition) is 4. The highest BCUT2D eigenvalue weighted by Gasteiger charge is 2.18. The van der Waals surface area contributed by atoms with Crippen LogP contribution < -0.4 is 10.6 Å². The predicted octanol–water partition coefficient (Wildman–Crippen LogP) is 4.67. The van der Waals surface area contributed by atoms with Gasteiger partial charge in [0.25, 0.3) is 5.91 Å². The number of rotatable bonds is 7. The van der Waals surface area contributed by atoms with E-state index in [1.807, 2.05) is 0 Å². The summed E-state index contributed by atoms with van der Waals surface area (Å²) in [6.07, 6.45) is 2.90. The Morgan fingerprint density at radius 3 is 2.93 bits per heavy atom. The minimum atomic E-state index is -2.58. The third kappa shape index (κ3) is 5.29. The van der Waals surface area contributed by atoms with E-state index in [0.29, 0.717) is 21.7 Å². The number of nitrogens with zero attached hydrogens (tertiary/aromatic N) is 1. The molecule has 3 rings (SSSR count). The van der Waals surface area contributed by atoms with Crippen molar-refractivity contribution in [3.8, 4) is 11.1 Å². The summed E-state index contributed by atoms with van der Waals surface area (Å²) in [6, 6.07) is 7.29. The highest BCUT2D eigenvalue weighted by atomic mass is 35.5. The molecule has 2 atom stereocenters. The van der Waals surface area contributed by atoms with Crippen molar-refractivity contribution in [3.05, 3.63) is 70.1 Å². The van der Waals surface area contributed by atoms with Crippen LogP contribution in [0.4, 0.5) is 5.82 Å². The van der Waals surface area contributed by atoms with Crippen molar-refractivity contribution in [3.63, 3.8) is 0 Å². The molecule has 152 valence electrons. The Morgan fingerprint density at radius 1 is 1.38 bits per heavy atom. The van der Waals surface area contributed by atoms with Gasteiger partial charge in [-0.3, -0.25) is 4.79 Å². The lowest BCUT2D eigenvalue weighted by Gasteiger charge is -2.16. The number of aromatic nitrogens is 2. The molecule has 29 heavy (non-hydrogen) atoms. The zero-order valence-electron chi connectivity index (χ0n) is 19.5. The number of carbonyl (C=O) groups is 1. The average molecular weight is 437 g/mol. The summed E-state index contributed by atoms with van der Waals surface area (Å²) >= 11 is 12.3. The maximum absolute atomic E-state index is 12.7.